The van der Waals surface area contributed by atoms with E-state index in [0.29, 0.717) is 6.04 Å². The van der Waals surface area contributed by atoms with Crippen molar-refractivity contribution in [3.63, 3.8) is 0 Å². The summed E-state index contributed by atoms with van der Waals surface area (Å²) in [7, 11) is 4.17. The number of nitrogens with one attached hydrogen (secondary N) is 1. The minimum atomic E-state index is 0.661. The Morgan fingerprint density at radius 3 is 2.63 bits per heavy atom. The summed E-state index contributed by atoms with van der Waals surface area (Å²) < 4.78 is 3.27. The van der Waals surface area contributed by atoms with Crippen LogP contribution in [0.2, 0.25) is 0 Å². The number of aryl methyl sites for hydroxylation is 2. The molecule has 1 aromatic rings. The summed E-state index contributed by atoms with van der Waals surface area (Å²) in [4.78, 5) is 0. The Hall–Kier alpha value is -0.350. The van der Waals surface area contributed by atoms with E-state index in [0.717, 1.165) is 18.8 Å². The molecule has 0 radical (unpaired) electrons. The largest absolute Gasteiger partial charge is 0.317 e. The van der Waals surface area contributed by atoms with E-state index in [4.69, 9.17) is 0 Å². The average molecular weight is 328 g/mol. The molecule has 1 saturated carbocycles. The van der Waals surface area contributed by atoms with Crippen molar-refractivity contribution >= 4 is 15.9 Å². The first-order valence-electron chi connectivity index (χ1n) is 7.54. The predicted molar refractivity (Wildman–Crippen MR) is 83.4 cm³/mol. The highest BCUT2D eigenvalue weighted by Crippen LogP contribution is 2.30. The van der Waals surface area contributed by atoms with Crippen LogP contribution in [-0.4, -0.2) is 22.9 Å². The van der Waals surface area contributed by atoms with Gasteiger partial charge in [-0.25, -0.2) is 0 Å². The molecule has 4 heteroatoms. The Balaban J connectivity index is 1.98. The third-order valence-corrected chi connectivity index (χ3v) is 5.45. The molecule has 0 amide bonds. The van der Waals surface area contributed by atoms with Crippen molar-refractivity contribution in [3.05, 3.63) is 15.9 Å². The average Bonchev–Trinajstić information content (AvgIpc) is 3.01. The SMILES string of the molecule is CCc1nn(C)c(CCC(NC)C2CCCC2)c1Br. The Morgan fingerprint density at radius 1 is 1.42 bits per heavy atom. The number of aromatic nitrogens is 2. The minimum absolute atomic E-state index is 0.661. The molecule has 1 heterocycles. The monoisotopic (exact) mass is 327 g/mol. The van der Waals surface area contributed by atoms with Crippen molar-refractivity contribution in [1.82, 2.24) is 15.1 Å². The van der Waals surface area contributed by atoms with Crippen LogP contribution in [0.4, 0.5) is 0 Å². The normalized spacial score (nSPS) is 18.1. The van der Waals surface area contributed by atoms with Crippen LogP contribution in [0, 0.1) is 5.92 Å². The number of hydrogen-bond donors (Lipinski definition) is 1. The van der Waals surface area contributed by atoms with Crippen molar-refractivity contribution in [3.8, 4) is 0 Å². The van der Waals surface area contributed by atoms with E-state index in [1.165, 1.54) is 48.0 Å². The van der Waals surface area contributed by atoms with Gasteiger partial charge in [0.15, 0.2) is 0 Å². The smallest absolute Gasteiger partial charge is 0.0766 e. The molecule has 1 aliphatic rings. The van der Waals surface area contributed by atoms with E-state index in [2.05, 4.69) is 47.4 Å². The summed E-state index contributed by atoms with van der Waals surface area (Å²) in [5, 5.41) is 8.11. The Kier molecular flexibility index (Phi) is 5.46. The Labute approximate surface area is 125 Å². The number of rotatable bonds is 6. The highest BCUT2D eigenvalue weighted by atomic mass is 79.9. The molecule has 0 aliphatic heterocycles. The lowest BCUT2D eigenvalue weighted by molar-refractivity contribution is 0.357. The fraction of sp³-hybridized carbons (Fsp3) is 0.800. The number of nitrogens with zero attached hydrogens (tertiary/aromatic N) is 2. The molecule has 3 nitrogen and oxygen atoms in total. The maximum Gasteiger partial charge on any atom is 0.0766 e. The number of hydrogen-bond acceptors (Lipinski definition) is 2. The molecule has 0 saturated heterocycles. The predicted octanol–water partition coefficient (Wildman–Crippen LogP) is 3.46. The van der Waals surface area contributed by atoms with E-state index in [9.17, 15) is 0 Å². The van der Waals surface area contributed by atoms with Crippen LogP contribution in [0.15, 0.2) is 4.47 Å². The molecule has 19 heavy (non-hydrogen) atoms. The van der Waals surface area contributed by atoms with Gasteiger partial charge >= 0.3 is 0 Å². The summed E-state index contributed by atoms with van der Waals surface area (Å²) in [6, 6.07) is 0.661. The van der Waals surface area contributed by atoms with Gasteiger partial charge in [0.1, 0.15) is 0 Å². The first-order chi connectivity index (χ1) is 9.17. The van der Waals surface area contributed by atoms with Crippen LogP contribution in [-0.2, 0) is 19.9 Å². The molecular formula is C15H26BrN3. The lowest BCUT2D eigenvalue weighted by Crippen LogP contribution is -2.32. The van der Waals surface area contributed by atoms with Crippen molar-refractivity contribution in [2.24, 2.45) is 13.0 Å². The molecule has 0 spiro atoms. The topological polar surface area (TPSA) is 29.9 Å². The summed E-state index contributed by atoms with van der Waals surface area (Å²) in [5.74, 6) is 0.877. The maximum absolute atomic E-state index is 4.58. The highest BCUT2D eigenvalue weighted by Gasteiger charge is 2.24. The van der Waals surface area contributed by atoms with Gasteiger partial charge in [-0.2, -0.15) is 5.10 Å². The third-order valence-electron chi connectivity index (χ3n) is 4.53. The fourth-order valence-electron chi connectivity index (χ4n) is 3.36. The molecule has 1 fully saturated rings. The van der Waals surface area contributed by atoms with Crippen molar-refractivity contribution in [2.75, 3.05) is 7.05 Å². The maximum atomic E-state index is 4.58. The first-order valence-corrected chi connectivity index (χ1v) is 8.34. The van der Waals surface area contributed by atoms with Gasteiger partial charge in [0, 0.05) is 13.1 Å². The molecule has 1 unspecified atom stereocenters. The zero-order chi connectivity index (χ0) is 13.8. The molecule has 1 N–H and O–H groups in total. The van der Waals surface area contributed by atoms with E-state index in [-0.39, 0.29) is 0 Å². The fourth-order valence-corrected chi connectivity index (χ4v) is 4.17. The molecule has 108 valence electrons. The second-order valence-electron chi connectivity index (χ2n) is 5.66. The minimum Gasteiger partial charge on any atom is -0.317 e. The molecular weight excluding hydrogens is 302 g/mol. The van der Waals surface area contributed by atoms with Gasteiger partial charge in [0.2, 0.25) is 0 Å². The van der Waals surface area contributed by atoms with Gasteiger partial charge in [0.25, 0.3) is 0 Å². The van der Waals surface area contributed by atoms with Crippen molar-refractivity contribution < 1.29 is 0 Å². The molecule has 0 aromatic carbocycles. The quantitative estimate of drug-likeness (QED) is 0.867. The van der Waals surface area contributed by atoms with Crippen LogP contribution in [0.25, 0.3) is 0 Å². The molecule has 2 rings (SSSR count). The Bertz CT molecular complexity index is 408. The molecule has 0 bridgehead atoms. The highest BCUT2D eigenvalue weighted by molar-refractivity contribution is 9.10. The zero-order valence-corrected chi connectivity index (χ0v) is 14.0. The van der Waals surface area contributed by atoms with Crippen LogP contribution in [0.5, 0.6) is 0 Å². The van der Waals surface area contributed by atoms with E-state index in [1.807, 2.05) is 4.68 Å². The van der Waals surface area contributed by atoms with Crippen LogP contribution >= 0.6 is 15.9 Å². The van der Waals surface area contributed by atoms with Gasteiger partial charge in [-0.1, -0.05) is 19.8 Å². The summed E-state index contributed by atoms with van der Waals surface area (Å²) >= 11 is 3.71. The molecule has 1 atom stereocenters. The number of halogens is 1. The third kappa shape index (κ3) is 3.40. The van der Waals surface area contributed by atoms with Crippen molar-refractivity contribution in [1.29, 1.82) is 0 Å². The van der Waals surface area contributed by atoms with E-state index in [1.54, 1.807) is 0 Å². The lowest BCUT2D eigenvalue weighted by atomic mass is 9.93. The van der Waals surface area contributed by atoms with Gasteiger partial charge in [-0.15, -0.1) is 0 Å². The zero-order valence-electron chi connectivity index (χ0n) is 12.4. The Morgan fingerprint density at radius 2 is 2.11 bits per heavy atom. The summed E-state index contributed by atoms with van der Waals surface area (Å²) in [6.07, 6.45) is 8.94. The van der Waals surface area contributed by atoms with Crippen molar-refractivity contribution in [2.45, 2.75) is 57.9 Å². The second-order valence-corrected chi connectivity index (χ2v) is 6.46. The van der Waals surface area contributed by atoms with Gasteiger partial charge in [0.05, 0.1) is 15.9 Å². The van der Waals surface area contributed by atoms with Gasteiger partial charge in [-0.05, 0) is 61.0 Å². The van der Waals surface area contributed by atoms with E-state index < -0.39 is 0 Å². The lowest BCUT2D eigenvalue weighted by Gasteiger charge is -2.22. The summed E-state index contributed by atoms with van der Waals surface area (Å²) in [5.41, 5.74) is 2.52. The van der Waals surface area contributed by atoms with Gasteiger partial charge < -0.3 is 5.32 Å². The van der Waals surface area contributed by atoms with Crippen LogP contribution in [0.1, 0.15) is 50.4 Å². The molecule has 1 aliphatic carbocycles. The van der Waals surface area contributed by atoms with Crippen LogP contribution in [0.3, 0.4) is 0 Å². The molecule has 1 aromatic heterocycles. The second kappa shape index (κ2) is 6.89. The summed E-state index contributed by atoms with van der Waals surface area (Å²) in [6.45, 7) is 2.16. The first kappa shape index (κ1) is 15.0. The van der Waals surface area contributed by atoms with Gasteiger partial charge in [-0.3, -0.25) is 4.68 Å². The van der Waals surface area contributed by atoms with Crippen LogP contribution < -0.4 is 5.32 Å². The standard InChI is InChI=1S/C15H26BrN3/c1-4-12-15(16)14(19(3)18-12)10-9-13(17-2)11-7-5-6-8-11/h11,13,17H,4-10H2,1-3H3. The van der Waals surface area contributed by atoms with E-state index >= 15 is 0 Å².